The number of imidazole rings is 1. The molecule has 2 unspecified atom stereocenters. The Morgan fingerprint density at radius 1 is 1.64 bits per heavy atom. The summed E-state index contributed by atoms with van der Waals surface area (Å²) in [7, 11) is 1.98. The second-order valence-corrected chi connectivity index (χ2v) is 5.03. The number of rotatable bonds is 2. The highest BCUT2D eigenvalue weighted by Crippen LogP contribution is 2.64. The highest BCUT2D eigenvalue weighted by molar-refractivity contribution is 6.30. The number of hydrogen-bond donors (Lipinski definition) is 1. The van der Waals surface area contributed by atoms with Crippen LogP contribution in [-0.4, -0.2) is 16.1 Å². The molecule has 0 spiro atoms. The van der Waals surface area contributed by atoms with Crippen molar-refractivity contribution in [2.24, 2.45) is 24.1 Å². The van der Waals surface area contributed by atoms with Gasteiger partial charge in [0.1, 0.15) is 0 Å². The van der Waals surface area contributed by atoms with Gasteiger partial charge in [0.2, 0.25) is 0 Å². The molecule has 1 fully saturated rings. The number of nitrogens with zero attached hydrogens (tertiary/aromatic N) is 2. The normalized spacial score (nSPS) is 29.2. The standard InChI is InChI=1S/C10H16ClN3/c1-10(2)6(4-12)7(10)8-9(11)13-5-14(8)3/h5-7H,4,12H2,1-3H3. The van der Waals surface area contributed by atoms with Gasteiger partial charge < -0.3 is 10.3 Å². The fourth-order valence-corrected chi connectivity index (χ4v) is 2.78. The summed E-state index contributed by atoms with van der Waals surface area (Å²) < 4.78 is 2.00. The van der Waals surface area contributed by atoms with Crippen LogP contribution in [0.3, 0.4) is 0 Å². The molecule has 1 saturated carbocycles. The molecule has 2 atom stereocenters. The van der Waals surface area contributed by atoms with E-state index in [2.05, 4.69) is 18.8 Å². The molecule has 14 heavy (non-hydrogen) atoms. The van der Waals surface area contributed by atoms with Gasteiger partial charge in [-0.1, -0.05) is 25.4 Å². The van der Waals surface area contributed by atoms with Crippen molar-refractivity contribution in [1.29, 1.82) is 0 Å². The summed E-state index contributed by atoms with van der Waals surface area (Å²) in [6.45, 7) is 5.19. The Morgan fingerprint density at radius 2 is 2.29 bits per heavy atom. The third-order valence-corrected chi connectivity index (χ3v) is 3.83. The highest BCUT2D eigenvalue weighted by Gasteiger charge is 2.59. The number of nitrogens with two attached hydrogens (primary N) is 1. The number of halogens is 1. The van der Waals surface area contributed by atoms with Crippen LogP contribution in [0.2, 0.25) is 5.15 Å². The van der Waals surface area contributed by atoms with Crippen molar-refractivity contribution >= 4 is 11.6 Å². The van der Waals surface area contributed by atoms with Gasteiger partial charge in [0, 0.05) is 13.0 Å². The first kappa shape index (κ1) is 9.99. The van der Waals surface area contributed by atoms with Crippen molar-refractivity contribution in [3.05, 3.63) is 17.2 Å². The van der Waals surface area contributed by atoms with E-state index in [1.165, 1.54) is 0 Å². The lowest BCUT2D eigenvalue weighted by atomic mass is 10.1. The Kier molecular flexibility index (Phi) is 2.12. The van der Waals surface area contributed by atoms with E-state index in [0.29, 0.717) is 17.0 Å². The minimum Gasteiger partial charge on any atom is -0.336 e. The molecule has 0 amide bonds. The molecule has 0 saturated heterocycles. The fourth-order valence-electron chi connectivity index (χ4n) is 2.49. The molecule has 2 rings (SSSR count). The zero-order chi connectivity index (χ0) is 10.5. The lowest BCUT2D eigenvalue weighted by Crippen LogP contribution is -2.05. The van der Waals surface area contributed by atoms with Crippen LogP contribution < -0.4 is 5.73 Å². The van der Waals surface area contributed by atoms with Gasteiger partial charge in [0.15, 0.2) is 5.15 Å². The smallest absolute Gasteiger partial charge is 0.150 e. The van der Waals surface area contributed by atoms with Crippen LogP contribution in [-0.2, 0) is 7.05 Å². The van der Waals surface area contributed by atoms with Gasteiger partial charge in [-0.25, -0.2) is 4.98 Å². The molecule has 1 aromatic rings. The maximum Gasteiger partial charge on any atom is 0.150 e. The van der Waals surface area contributed by atoms with Gasteiger partial charge in [0.05, 0.1) is 12.0 Å². The molecule has 1 heterocycles. The molecule has 1 aliphatic carbocycles. The molecule has 0 bridgehead atoms. The molecule has 0 aliphatic heterocycles. The van der Waals surface area contributed by atoms with Gasteiger partial charge >= 0.3 is 0 Å². The average molecular weight is 214 g/mol. The molecule has 0 radical (unpaired) electrons. The zero-order valence-electron chi connectivity index (χ0n) is 8.79. The van der Waals surface area contributed by atoms with E-state index in [1.807, 2.05) is 11.6 Å². The molecular formula is C10H16ClN3. The molecule has 3 nitrogen and oxygen atoms in total. The average Bonchev–Trinajstić information content (AvgIpc) is 2.48. The summed E-state index contributed by atoms with van der Waals surface area (Å²) in [6, 6.07) is 0. The molecule has 1 aromatic heterocycles. The molecule has 4 heteroatoms. The summed E-state index contributed by atoms with van der Waals surface area (Å²) in [6.07, 6.45) is 1.76. The van der Waals surface area contributed by atoms with Crippen LogP contribution in [0.1, 0.15) is 25.5 Å². The first-order chi connectivity index (χ1) is 6.50. The fraction of sp³-hybridized carbons (Fsp3) is 0.700. The van der Waals surface area contributed by atoms with Crippen molar-refractivity contribution in [3.63, 3.8) is 0 Å². The molecular weight excluding hydrogens is 198 g/mol. The van der Waals surface area contributed by atoms with Crippen molar-refractivity contribution in [2.45, 2.75) is 19.8 Å². The summed E-state index contributed by atoms with van der Waals surface area (Å²) in [5.41, 5.74) is 7.13. The van der Waals surface area contributed by atoms with Crippen LogP contribution in [0.25, 0.3) is 0 Å². The first-order valence-corrected chi connectivity index (χ1v) is 5.24. The van der Waals surface area contributed by atoms with E-state index in [1.54, 1.807) is 6.33 Å². The number of aryl methyl sites for hydroxylation is 1. The molecule has 1 aliphatic rings. The van der Waals surface area contributed by atoms with E-state index < -0.39 is 0 Å². The van der Waals surface area contributed by atoms with Crippen molar-refractivity contribution < 1.29 is 0 Å². The lowest BCUT2D eigenvalue weighted by molar-refractivity contribution is 0.555. The van der Waals surface area contributed by atoms with Crippen molar-refractivity contribution in [3.8, 4) is 0 Å². The Morgan fingerprint density at radius 3 is 2.64 bits per heavy atom. The number of aromatic nitrogens is 2. The van der Waals surface area contributed by atoms with Gasteiger partial charge in [-0.3, -0.25) is 0 Å². The van der Waals surface area contributed by atoms with Crippen molar-refractivity contribution in [1.82, 2.24) is 9.55 Å². The van der Waals surface area contributed by atoms with Gasteiger partial charge in [-0.05, 0) is 17.9 Å². The summed E-state index contributed by atoms with van der Waals surface area (Å²) in [5, 5.41) is 0.626. The van der Waals surface area contributed by atoms with E-state index >= 15 is 0 Å². The van der Waals surface area contributed by atoms with Crippen LogP contribution in [0.15, 0.2) is 6.33 Å². The summed E-state index contributed by atoms with van der Waals surface area (Å²) >= 11 is 6.06. The summed E-state index contributed by atoms with van der Waals surface area (Å²) in [5.74, 6) is 1.00. The quantitative estimate of drug-likeness (QED) is 0.814. The maximum absolute atomic E-state index is 6.06. The highest BCUT2D eigenvalue weighted by atomic mass is 35.5. The zero-order valence-corrected chi connectivity index (χ0v) is 9.54. The monoisotopic (exact) mass is 213 g/mol. The Labute approximate surface area is 89.3 Å². The Bertz CT molecular complexity index is 337. The predicted molar refractivity (Wildman–Crippen MR) is 57.3 cm³/mol. The van der Waals surface area contributed by atoms with Crippen LogP contribution in [0.5, 0.6) is 0 Å². The van der Waals surface area contributed by atoms with E-state index in [0.717, 1.165) is 12.2 Å². The Balaban J connectivity index is 2.35. The third-order valence-electron chi connectivity index (χ3n) is 3.53. The Hall–Kier alpha value is -0.540. The minimum atomic E-state index is 0.270. The van der Waals surface area contributed by atoms with E-state index in [4.69, 9.17) is 17.3 Å². The van der Waals surface area contributed by atoms with E-state index in [9.17, 15) is 0 Å². The molecule has 0 aromatic carbocycles. The van der Waals surface area contributed by atoms with Crippen LogP contribution in [0.4, 0.5) is 0 Å². The molecule has 78 valence electrons. The van der Waals surface area contributed by atoms with Crippen molar-refractivity contribution in [2.75, 3.05) is 6.54 Å². The minimum absolute atomic E-state index is 0.270. The molecule has 2 N–H and O–H groups in total. The second kappa shape index (κ2) is 2.97. The van der Waals surface area contributed by atoms with Crippen LogP contribution in [0, 0.1) is 11.3 Å². The van der Waals surface area contributed by atoms with E-state index in [-0.39, 0.29) is 5.41 Å². The predicted octanol–water partition coefficient (Wildman–Crippen LogP) is 1.77. The second-order valence-electron chi connectivity index (χ2n) is 4.67. The SMILES string of the molecule is Cn1cnc(Cl)c1C1C(CN)C1(C)C. The lowest BCUT2D eigenvalue weighted by Gasteiger charge is -2.04. The third kappa shape index (κ3) is 1.19. The first-order valence-electron chi connectivity index (χ1n) is 4.87. The van der Waals surface area contributed by atoms with Gasteiger partial charge in [-0.2, -0.15) is 0 Å². The summed E-state index contributed by atoms with van der Waals surface area (Å²) in [4.78, 5) is 4.10. The van der Waals surface area contributed by atoms with Crippen LogP contribution >= 0.6 is 11.6 Å². The topological polar surface area (TPSA) is 43.8 Å². The van der Waals surface area contributed by atoms with Gasteiger partial charge in [0.25, 0.3) is 0 Å². The van der Waals surface area contributed by atoms with Gasteiger partial charge in [-0.15, -0.1) is 0 Å². The maximum atomic E-state index is 6.06. The number of hydrogen-bond acceptors (Lipinski definition) is 2. The largest absolute Gasteiger partial charge is 0.336 e.